The number of likely N-dealkylation sites (N-methyl/N-ethyl adjacent to an activating group) is 1. The van der Waals surface area contributed by atoms with Crippen LogP contribution in [0.4, 0.5) is 0 Å². The molecule has 2 N–H and O–H groups in total. The zero-order chi connectivity index (χ0) is 17.7. The quantitative estimate of drug-likeness (QED) is 0.693. The molecule has 0 spiro atoms. The number of carboxylic acids is 1. The van der Waals surface area contributed by atoms with Gasteiger partial charge in [-0.1, -0.05) is 47.5 Å². The van der Waals surface area contributed by atoms with Crippen LogP contribution in [0.2, 0.25) is 10.0 Å². The van der Waals surface area contributed by atoms with Gasteiger partial charge in [0.25, 0.3) is 0 Å². The Labute approximate surface area is 155 Å². The van der Waals surface area contributed by atoms with Crippen LogP contribution in [0.1, 0.15) is 22.9 Å². The standard InChI is InChI=1S/C19H16Cl2N2O2/c1-23-16(19(24)25)9-12-11-4-2-3-5-15(11)22-17(12)18(23)10-6-7-13(20)14(21)8-10/h2-8,16,18,22H,9H2,1H3,(H,24,25)/t16-,18-/m1/s1. The number of rotatable bonds is 2. The number of benzene rings is 2. The lowest BCUT2D eigenvalue weighted by Crippen LogP contribution is -2.46. The normalized spacial score (nSPS) is 20.6. The second kappa shape index (κ2) is 6.06. The molecule has 2 atom stereocenters. The summed E-state index contributed by atoms with van der Waals surface area (Å²) in [7, 11) is 1.83. The number of fused-ring (bicyclic) bond motifs is 3. The Balaban J connectivity index is 1.95. The molecule has 128 valence electrons. The molecule has 0 aliphatic carbocycles. The Kier molecular flexibility index (Phi) is 3.99. The average molecular weight is 375 g/mol. The van der Waals surface area contributed by atoms with Gasteiger partial charge in [-0.2, -0.15) is 0 Å². The van der Waals surface area contributed by atoms with Gasteiger partial charge in [0.15, 0.2) is 0 Å². The van der Waals surface area contributed by atoms with E-state index in [2.05, 4.69) is 4.98 Å². The first-order valence-corrected chi connectivity index (χ1v) is 8.72. The van der Waals surface area contributed by atoms with Crippen molar-refractivity contribution in [3.8, 4) is 0 Å². The summed E-state index contributed by atoms with van der Waals surface area (Å²) in [6.07, 6.45) is 0.461. The molecular formula is C19H16Cl2N2O2. The van der Waals surface area contributed by atoms with Crippen molar-refractivity contribution in [2.24, 2.45) is 0 Å². The van der Waals surface area contributed by atoms with Crippen LogP contribution in [-0.2, 0) is 11.2 Å². The third-order valence-electron chi connectivity index (χ3n) is 4.96. The van der Waals surface area contributed by atoms with Crippen LogP contribution in [0.25, 0.3) is 10.9 Å². The molecule has 4 nitrogen and oxygen atoms in total. The minimum Gasteiger partial charge on any atom is -0.480 e. The van der Waals surface area contributed by atoms with Crippen LogP contribution < -0.4 is 0 Å². The van der Waals surface area contributed by atoms with E-state index in [0.717, 1.165) is 27.7 Å². The van der Waals surface area contributed by atoms with Crippen LogP contribution in [-0.4, -0.2) is 34.0 Å². The minimum atomic E-state index is -0.830. The lowest BCUT2D eigenvalue weighted by Gasteiger charge is -2.37. The lowest BCUT2D eigenvalue weighted by molar-refractivity contribution is -0.143. The Morgan fingerprint density at radius 1 is 1.20 bits per heavy atom. The third kappa shape index (κ3) is 2.61. The van der Waals surface area contributed by atoms with E-state index in [1.807, 2.05) is 48.3 Å². The topological polar surface area (TPSA) is 56.3 Å². The first-order chi connectivity index (χ1) is 12.0. The number of halogens is 2. The van der Waals surface area contributed by atoms with E-state index in [4.69, 9.17) is 23.2 Å². The summed E-state index contributed by atoms with van der Waals surface area (Å²) in [4.78, 5) is 17.2. The molecule has 1 aliphatic rings. The Morgan fingerprint density at radius 3 is 2.68 bits per heavy atom. The number of aromatic amines is 1. The molecule has 0 saturated heterocycles. The fraction of sp³-hybridized carbons (Fsp3) is 0.211. The second-order valence-electron chi connectivity index (χ2n) is 6.36. The smallest absolute Gasteiger partial charge is 0.321 e. The highest BCUT2D eigenvalue weighted by Crippen LogP contribution is 2.41. The monoisotopic (exact) mass is 374 g/mol. The molecule has 0 amide bonds. The number of aliphatic carboxylic acids is 1. The number of carboxylic acid groups (broad SMARTS) is 1. The van der Waals surface area contributed by atoms with E-state index >= 15 is 0 Å². The Bertz CT molecular complexity index is 983. The van der Waals surface area contributed by atoms with Crippen LogP contribution in [0.5, 0.6) is 0 Å². The molecule has 4 rings (SSSR count). The summed E-state index contributed by atoms with van der Waals surface area (Å²) < 4.78 is 0. The predicted molar refractivity (Wildman–Crippen MR) is 99.5 cm³/mol. The molecule has 1 aliphatic heterocycles. The van der Waals surface area contributed by atoms with Crippen LogP contribution in [0.3, 0.4) is 0 Å². The van der Waals surface area contributed by atoms with E-state index in [0.29, 0.717) is 16.5 Å². The number of nitrogens with zero attached hydrogens (tertiary/aromatic N) is 1. The molecule has 0 bridgehead atoms. The van der Waals surface area contributed by atoms with Crippen molar-refractivity contribution in [1.29, 1.82) is 0 Å². The maximum Gasteiger partial charge on any atom is 0.321 e. The van der Waals surface area contributed by atoms with Gasteiger partial charge >= 0.3 is 5.97 Å². The molecule has 0 saturated carbocycles. The molecule has 2 aromatic carbocycles. The summed E-state index contributed by atoms with van der Waals surface area (Å²) >= 11 is 12.3. The van der Waals surface area contributed by atoms with Gasteiger partial charge < -0.3 is 10.1 Å². The second-order valence-corrected chi connectivity index (χ2v) is 7.18. The zero-order valence-corrected chi connectivity index (χ0v) is 15.0. The van der Waals surface area contributed by atoms with Crippen LogP contribution in [0.15, 0.2) is 42.5 Å². The SMILES string of the molecule is CN1[C@H](c2ccc(Cl)c(Cl)c2)c2[nH]c3ccccc3c2C[C@@H]1C(=O)O. The molecular weight excluding hydrogens is 359 g/mol. The molecule has 0 fully saturated rings. The van der Waals surface area contributed by atoms with Gasteiger partial charge in [-0.05, 0) is 36.4 Å². The van der Waals surface area contributed by atoms with Crippen molar-refractivity contribution in [3.63, 3.8) is 0 Å². The van der Waals surface area contributed by atoms with Crippen molar-refractivity contribution >= 4 is 40.1 Å². The zero-order valence-electron chi connectivity index (χ0n) is 13.5. The average Bonchev–Trinajstić information content (AvgIpc) is 2.95. The molecule has 1 aromatic heterocycles. The van der Waals surface area contributed by atoms with Crippen molar-refractivity contribution in [2.75, 3.05) is 7.05 Å². The van der Waals surface area contributed by atoms with Crippen LogP contribution >= 0.6 is 23.2 Å². The number of hydrogen-bond donors (Lipinski definition) is 2. The number of para-hydroxylation sites is 1. The van der Waals surface area contributed by atoms with Crippen molar-refractivity contribution in [2.45, 2.75) is 18.5 Å². The van der Waals surface area contributed by atoms with Gasteiger partial charge in [-0.3, -0.25) is 9.69 Å². The van der Waals surface area contributed by atoms with E-state index in [1.54, 1.807) is 6.07 Å². The van der Waals surface area contributed by atoms with Gasteiger partial charge in [-0.25, -0.2) is 0 Å². The van der Waals surface area contributed by atoms with E-state index in [9.17, 15) is 9.90 Å². The highest BCUT2D eigenvalue weighted by atomic mass is 35.5. The maximum atomic E-state index is 11.8. The van der Waals surface area contributed by atoms with Gasteiger partial charge in [0.05, 0.1) is 16.1 Å². The number of nitrogens with one attached hydrogen (secondary N) is 1. The Morgan fingerprint density at radius 2 is 1.96 bits per heavy atom. The van der Waals surface area contributed by atoms with E-state index in [-0.39, 0.29) is 6.04 Å². The number of H-pyrrole nitrogens is 1. The summed E-state index contributed by atoms with van der Waals surface area (Å²) in [5.74, 6) is -0.830. The summed E-state index contributed by atoms with van der Waals surface area (Å²) in [6, 6.07) is 12.6. The highest BCUT2D eigenvalue weighted by Gasteiger charge is 2.38. The van der Waals surface area contributed by atoms with Crippen molar-refractivity contribution in [1.82, 2.24) is 9.88 Å². The van der Waals surface area contributed by atoms with Gasteiger partial charge in [0, 0.05) is 23.0 Å². The van der Waals surface area contributed by atoms with Gasteiger partial charge in [0.1, 0.15) is 6.04 Å². The molecule has 3 aromatic rings. The number of hydrogen-bond acceptors (Lipinski definition) is 2. The summed E-state index contributed by atoms with van der Waals surface area (Å²) in [5.41, 5.74) is 3.99. The van der Waals surface area contributed by atoms with Crippen LogP contribution in [0, 0.1) is 0 Å². The number of aromatic nitrogens is 1. The third-order valence-corrected chi connectivity index (χ3v) is 5.70. The van der Waals surface area contributed by atoms with Crippen molar-refractivity contribution < 1.29 is 9.90 Å². The maximum absolute atomic E-state index is 11.8. The first kappa shape index (κ1) is 16.5. The van der Waals surface area contributed by atoms with Gasteiger partial charge in [-0.15, -0.1) is 0 Å². The van der Waals surface area contributed by atoms with E-state index < -0.39 is 12.0 Å². The summed E-state index contributed by atoms with van der Waals surface area (Å²) in [5, 5.41) is 11.7. The largest absolute Gasteiger partial charge is 0.480 e. The first-order valence-electron chi connectivity index (χ1n) is 7.96. The molecule has 25 heavy (non-hydrogen) atoms. The minimum absolute atomic E-state index is 0.230. The highest BCUT2D eigenvalue weighted by molar-refractivity contribution is 6.42. The molecule has 6 heteroatoms. The van der Waals surface area contributed by atoms with E-state index in [1.165, 1.54) is 0 Å². The van der Waals surface area contributed by atoms with Crippen molar-refractivity contribution in [3.05, 3.63) is 69.3 Å². The molecule has 0 radical (unpaired) electrons. The Hall–Kier alpha value is -2.01. The fourth-order valence-electron chi connectivity index (χ4n) is 3.74. The number of carbonyl (C=O) groups is 1. The van der Waals surface area contributed by atoms with Gasteiger partial charge in [0.2, 0.25) is 0 Å². The lowest BCUT2D eigenvalue weighted by atomic mass is 9.88. The molecule has 0 unspecified atom stereocenters. The summed E-state index contributed by atoms with van der Waals surface area (Å²) in [6.45, 7) is 0. The fourth-order valence-corrected chi connectivity index (χ4v) is 4.05. The predicted octanol–water partition coefficient (Wildman–Crippen LogP) is 4.51. The molecule has 2 heterocycles.